The number of fused-ring (bicyclic) bond motifs is 1. The van der Waals surface area contributed by atoms with Gasteiger partial charge >= 0.3 is 0 Å². The van der Waals surface area contributed by atoms with Crippen molar-refractivity contribution in [3.05, 3.63) is 102 Å². The van der Waals surface area contributed by atoms with Crippen molar-refractivity contribution in [2.75, 3.05) is 0 Å². The Morgan fingerprint density at radius 3 is 1.86 bits per heavy atom. The van der Waals surface area contributed by atoms with Gasteiger partial charge in [-0.3, -0.25) is 0 Å². The average molecular weight is 399 g/mol. The summed E-state index contributed by atoms with van der Waals surface area (Å²) < 4.78 is 43.0. The summed E-state index contributed by atoms with van der Waals surface area (Å²) in [4.78, 5) is 12.8. The molecule has 4 aromatic carbocycles. The molecule has 0 aliphatic carbocycles. The minimum Gasteiger partial charge on any atom is -0.208 e. The van der Waals surface area contributed by atoms with Gasteiger partial charge in [0.1, 0.15) is 0 Å². The second-order valence-corrected chi connectivity index (χ2v) is 6.67. The quantitative estimate of drug-likeness (QED) is 0.340. The summed E-state index contributed by atoms with van der Waals surface area (Å²) in [5, 5.41) is 0.286. The fourth-order valence-corrected chi connectivity index (χ4v) is 3.15. The van der Waals surface area contributed by atoms with Gasteiger partial charge in [0.2, 0.25) is 5.28 Å². The minimum atomic E-state index is -0.267. The van der Waals surface area contributed by atoms with E-state index in [4.69, 9.17) is 18.5 Å². The van der Waals surface area contributed by atoms with Crippen molar-refractivity contribution in [1.29, 1.82) is 0 Å². The number of halogens is 1. The van der Waals surface area contributed by atoms with Gasteiger partial charge in [0.05, 0.1) is 6.85 Å². The first kappa shape index (κ1) is 12.8. The maximum Gasteiger partial charge on any atom is 0.226 e. The molecule has 0 saturated heterocycles. The predicted octanol–water partition coefficient (Wildman–Crippen LogP) is 6.68. The van der Waals surface area contributed by atoms with E-state index in [0.717, 1.165) is 0 Å². The van der Waals surface area contributed by atoms with Crippen molar-refractivity contribution >= 4 is 22.4 Å². The highest BCUT2D eigenvalue weighted by Gasteiger charge is 2.10. The minimum absolute atomic E-state index is 0.000357. The van der Waals surface area contributed by atoms with Crippen LogP contribution >= 0.6 is 11.6 Å². The van der Waals surface area contributed by atoms with Crippen molar-refractivity contribution in [2.24, 2.45) is 0 Å². The molecule has 0 spiro atoms. The van der Waals surface area contributed by atoms with Gasteiger partial charge < -0.3 is 0 Å². The number of benzene rings is 4. The standard InChI is InChI=1S/C25H16ClN3/c26-25-28-23(19-9-5-2-6-10-19)27-24(29-25)21-14-12-18-11-13-20(15-22(18)16-21)17-7-3-1-4-8-17/h1-16H/i11D,12D,13D,14D,15D. The molecule has 0 aliphatic rings. The molecule has 0 fully saturated rings. The first-order valence-electron chi connectivity index (χ1n) is 11.4. The van der Waals surface area contributed by atoms with E-state index in [0.29, 0.717) is 22.5 Å². The van der Waals surface area contributed by atoms with E-state index in [9.17, 15) is 0 Å². The van der Waals surface area contributed by atoms with E-state index in [1.165, 1.54) is 6.07 Å². The van der Waals surface area contributed by atoms with Gasteiger partial charge in [0.25, 0.3) is 0 Å². The van der Waals surface area contributed by atoms with Crippen LogP contribution < -0.4 is 0 Å². The van der Waals surface area contributed by atoms with Crippen LogP contribution in [0.25, 0.3) is 44.7 Å². The Balaban J connectivity index is 1.81. The third-order valence-corrected chi connectivity index (χ3v) is 4.56. The van der Waals surface area contributed by atoms with Gasteiger partial charge in [-0.1, -0.05) is 84.8 Å². The lowest BCUT2D eigenvalue weighted by Crippen LogP contribution is -1.97. The van der Waals surface area contributed by atoms with Crippen molar-refractivity contribution in [2.45, 2.75) is 0 Å². The number of hydrogen-bond acceptors (Lipinski definition) is 3. The molecule has 0 saturated carbocycles. The molecule has 3 nitrogen and oxygen atoms in total. The molecule has 0 unspecified atom stereocenters. The molecular formula is C25H16ClN3. The van der Waals surface area contributed by atoms with Crippen LogP contribution in [0.1, 0.15) is 6.85 Å². The van der Waals surface area contributed by atoms with Crippen molar-refractivity contribution in [1.82, 2.24) is 15.0 Å². The molecule has 29 heavy (non-hydrogen) atoms. The van der Waals surface area contributed by atoms with E-state index in [2.05, 4.69) is 15.0 Å². The zero-order valence-corrected chi connectivity index (χ0v) is 15.8. The largest absolute Gasteiger partial charge is 0.226 e. The molecule has 0 N–H and O–H groups in total. The van der Waals surface area contributed by atoms with E-state index >= 15 is 0 Å². The molecule has 1 heterocycles. The molecule has 4 heteroatoms. The molecule has 0 amide bonds. The third-order valence-electron chi connectivity index (χ3n) is 4.40. The summed E-state index contributed by atoms with van der Waals surface area (Å²) in [6, 6.07) is 18.9. The van der Waals surface area contributed by atoms with Gasteiger partial charge in [0, 0.05) is 11.1 Å². The van der Waals surface area contributed by atoms with E-state index in [1.54, 1.807) is 24.3 Å². The van der Waals surface area contributed by atoms with Gasteiger partial charge in [-0.25, -0.2) is 4.98 Å². The van der Waals surface area contributed by atoms with Gasteiger partial charge in [-0.2, -0.15) is 9.97 Å². The molecule has 0 aliphatic heterocycles. The lowest BCUT2D eigenvalue weighted by atomic mass is 10.00. The SMILES string of the molecule is [2H]c1c(-c2nc(Cl)nc(-c3ccccc3)n2)cc2c([2H])c(-c3ccccc3)c([2H])c([2H])c2c1[2H]. The number of nitrogens with zero attached hydrogens (tertiary/aromatic N) is 3. The topological polar surface area (TPSA) is 38.7 Å². The second-order valence-electron chi connectivity index (χ2n) is 6.33. The lowest BCUT2D eigenvalue weighted by Gasteiger charge is -2.08. The summed E-state index contributed by atoms with van der Waals surface area (Å²) >= 11 is 6.18. The summed E-state index contributed by atoms with van der Waals surface area (Å²) in [7, 11) is 0. The Bertz CT molecular complexity index is 1560. The molecular weight excluding hydrogens is 378 g/mol. The van der Waals surface area contributed by atoms with Crippen LogP contribution in [0.3, 0.4) is 0 Å². The fraction of sp³-hybridized carbons (Fsp3) is 0. The highest BCUT2D eigenvalue weighted by Crippen LogP contribution is 2.28. The first-order chi connectivity index (χ1) is 16.4. The zero-order chi connectivity index (χ0) is 24.0. The molecule has 1 aromatic heterocycles. The maximum atomic E-state index is 8.83. The smallest absolute Gasteiger partial charge is 0.208 e. The molecule has 0 radical (unpaired) electrons. The summed E-state index contributed by atoms with van der Waals surface area (Å²) in [5.74, 6) is 0.418. The van der Waals surface area contributed by atoms with Gasteiger partial charge in [-0.15, -0.1) is 0 Å². The Hall–Kier alpha value is -3.56. The van der Waals surface area contributed by atoms with E-state index in [1.807, 2.05) is 36.4 Å². The first-order valence-corrected chi connectivity index (χ1v) is 9.31. The number of rotatable bonds is 3. The molecule has 0 bridgehead atoms. The Morgan fingerprint density at radius 2 is 1.17 bits per heavy atom. The van der Waals surface area contributed by atoms with Crippen LogP contribution in [0, 0.1) is 0 Å². The maximum absolute atomic E-state index is 8.83. The average Bonchev–Trinajstić information content (AvgIpc) is 2.85. The van der Waals surface area contributed by atoms with E-state index in [-0.39, 0.29) is 57.7 Å². The highest BCUT2D eigenvalue weighted by atomic mass is 35.5. The molecule has 5 rings (SSSR count). The third kappa shape index (κ3) is 3.60. The van der Waals surface area contributed by atoms with Crippen molar-refractivity contribution in [3.63, 3.8) is 0 Å². The Morgan fingerprint density at radius 1 is 0.586 bits per heavy atom. The monoisotopic (exact) mass is 398 g/mol. The Kier molecular flexibility index (Phi) is 3.29. The van der Waals surface area contributed by atoms with Crippen LogP contribution in [0.5, 0.6) is 0 Å². The second kappa shape index (κ2) is 7.46. The summed E-state index contributed by atoms with van der Waals surface area (Å²) in [5.41, 5.74) is 1.83. The Labute approximate surface area is 180 Å². The molecule has 138 valence electrons. The van der Waals surface area contributed by atoms with Gasteiger partial charge in [0.15, 0.2) is 11.6 Å². The predicted molar refractivity (Wildman–Crippen MR) is 119 cm³/mol. The highest BCUT2D eigenvalue weighted by molar-refractivity contribution is 6.28. The van der Waals surface area contributed by atoms with Crippen LogP contribution in [0.15, 0.2) is 96.9 Å². The molecule has 0 atom stereocenters. The van der Waals surface area contributed by atoms with Crippen LogP contribution in [0.4, 0.5) is 0 Å². The van der Waals surface area contributed by atoms with Crippen LogP contribution in [0.2, 0.25) is 5.28 Å². The molecule has 5 aromatic rings. The zero-order valence-electron chi connectivity index (χ0n) is 20.1. The fourth-order valence-electron chi connectivity index (χ4n) is 2.99. The van der Waals surface area contributed by atoms with Crippen molar-refractivity contribution in [3.8, 4) is 33.9 Å². The normalized spacial score (nSPS) is 13.3. The van der Waals surface area contributed by atoms with E-state index < -0.39 is 0 Å². The number of hydrogen-bond donors (Lipinski definition) is 0. The lowest BCUT2D eigenvalue weighted by molar-refractivity contribution is 1.07. The summed E-state index contributed by atoms with van der Waals surface area (Å²) in [6.07, 6.45) is 0. The number of aromatic nitrogens is 3. The van der Waals surface area contributed by atoms with Crippen LogP contribution in [-0.2, 0) is 0 Å². The van der Waals surface area contributed by atoms with Gasteiger partial charge in [-0.05, 0) is 45.6 Å². The van der Waals surface area contributed by atoms with Crippen LogP contribution in [-0.4, -0.2) is 15.0 Å². The summed E-state index contributed by atoms with van der Waals surface area (Å²) in [6.45, 7) is 0. The van der Waals surface area contributed by atoms with Crippen molar-refractivity contribution < 1.29 is 6.85 Å².